The van der Waals surface area contributed by atoms with Gasteiger partial charge in [0.2, 0.25) is 17.6 Å². The van der Waals surface area contributed by atoms with E-state index in [-0.39, 0.29) is 17.6 Å². The molecule has 1 aromatic heterocycles. The van der Waals surface area contributed by atoms with E-state index in [0.29, 0.717) is 34.2 Å². The fraction of sp³-hybridized carbons (Fsp3) is 0.393. The van der Waals surface area contributed by atoms with Crippen LogP contribution in [0, 0.1) is 6.92 Å². The van der Waals surface area contributed by atoms with Gasteiger partial charge in [-0.1, -0.05) is 60.7 Å². The van der Waals surface area contributed by atoms with Crippen molar-refractivity contribution in [2.75, 3.05) is 65.1 Å². The summed E-state index contributed by atoms with van der Waals surface area (Å²) in [6.45, 7) is 8.89. The average Bonchev–Trinajstić information content (AvgIpc) is 2.99. The van der Waals surface area contributed by atoms with Gasteiger partial charge in [-0.05, 0) is 25.6 Å². The number of anilines is 1. The van der Waals surface area contributed by atoms with Gasteiger partial charge in [-0.2, -0.15) is 0 Å². The molecule has 3 aromatic rings. The van der Waals surface area contributed by atoms with Crippen molar-refractivity contribution in [3.05, 3.63) is 42.0 Å². The van der Waals surface area contributed by atoms with Crippen LogP contribution in [0.25, 0.3) is 22.5 Å². The molecule has 0 bridgehead atoms. The second-order valence-corrected chi connectivity index (χ2v) is 10.7. The number of thiocarbonyl (C=S) groups is 1. The van der Waals surface area contributed by atoms with Gasteiger partial charge in [0, 0.05) is 37.3 Å². The molecule has 2 heterocycles. The Morgan fingerprint density at radius 1 is 0.950 bits per heavy atom. The molecule has 1 aliphatic rings. The van der Waals surface area contributed by atoms with Crippen LogP contribution in [-0.4, -0.2) is 95.0 Å². The van der Waals surface area contributed by atoms with Gasteiger partial charge in [0.1, 0.15) is 15.7 Å². The number of piperazine rings is 1. The number of ether oxygens (including phenoxy) is 3. The average molecular weight is 583 g/mol. The molecular formula is C28H34N6O4S2. The lowest BCUT2D eigenvalue weighted by Crippen LogP contribution is -2.47. The third-order valence-corrected chi connectivity index (χ3v) is 8.13. The van der Waals surface area contributed by atoms with Crippen LogP contribution in [0.4, 0.5) is 5.95 Å². The second kappa shape index (κ2) is 13.7. The Bertz CT molecular complexity index is 1320. The number of methoxy groups -OCH3 is 3. The second-order valence-electron chi connectivity index (χ2n) is 9.14. The van der Waals surface area contributed by atoms with Gasteiger partial charge in [-0.15, -0.1) is 10.2 Å². The highest BCUT2D eigenvalue weighted by Crippen LogP contribution is 2.42. The van der Waals surface area contributed by atoms with Crippen LogP contribution in [0.3, 0.4) is 0 Å². The first-order valence-electron chi connectivity index (χ1n) is 12.9. The molecule has 4 rings (SSSR count). The van der Waals surface area contributed by atoms with Gasteiger partial charge in [-0.3, -0.25) is 10.1 Å². The number of rotatable bonds is 9. The number of benzene rings is 2. The van der Waals surface area contributed by atoms with Crippen molar-refractivity contribution in [2.24, 2.45) is 0 Å². The highest BCUT2D eigenvalue weighted by molar-refractivity contribution is 8.23. The number of hydrogen-bond acceptors (Lipinski definition) is 10. The maximum Gasteiger partial charge on any atom is 0.250 e. The number of hydrogen-bond donors (Lipinski definition) is 1. The molecule has 40 heavy (non-hydrogen) atoms. The minimum Gasteiger partial charge on any atom is -0.493 e. The molecule has 10 nitrogen and oxygen atoms in total. The molecule has 1 amide bonds. The number of aromatic nitrogens is 3. The van der Waals surface area contributed by atoms with Crippen molar-refractivity contribution >= 4 is 40.2 Å². The Balaban J connectivity index is 1.58. The molecule has 0 atom stereocenters. The van der Waals surface area contributed by atoms with Gasteiger partial charge in [0.05, 0.1) is 27.1 Å². The third-order valence-electron chi connectivity index (χ3n) is 6.61. The predicted octanol–water partition coefficient (Wildman–Crippen LogP) is 4.13. The number of thioether (sulfide) groups is 1. The van der Waals surface area contributed by atoms with Crippen LogP contribution in [-0.2, 0) is 4.79 Å². The van der Waals surface area contributed by atoms with Gasteiger partial charge in [0.25, 0.3) is 0 Å². The van der Waals surface area contributed by atoms with E-state index in [2.05, 4.69) is 32.2 Å². The maximum atomic E-state index is 12.8. The van der Waals surface area contributed by atoms with E-state index < -0.39 is 0 Å². The summed E-state index contributed by atoms with van der Waals surface area (Å²) in [4.78, 5) is 22.1. The molecule has 1 aliphatic heterocycles. The van der Waals surface area contributed by atoms with Crippen LogP contribution in [0.15, 0.2) is 36.4 Å². The van der Waals surface area contributed by atoms with Crippen LogP contribution < -0.4 is 19.5 Å². The number of amides is 1. The third kappa shape index (κ3) is 6.98. The van der Waals surface area contributed by atoms with E-state index in [0.717, 1.165) is 48.2 Å². The topological polar surface area (TPSA) is 102 Å². The van der Waals surface area contributed by atoms with E-state index >= 15 is 0 Å². The minimum absolute atomic E-state index is 0.0905. The maximum absolute atomic E-state index is 12.8. The van der Waals surface area contributed by atoms with Crippen molar-refractivity contribution in [3.8, 4) is 39.8 Å². The molecule has 0 saturated carbocycles. The Kier molecular flexibility index (Phi) is 10.1. The summed E-state index contributed by atoms with van der Waals surface area (Å²) in [5, 5.41) is 11.5. The SMILES string of the molecule is CCN1CCN(C(=S)SCC(=O)Nc2nnc(-c3ccc(C)cc3)c(-c3cc(OC)c(OC)c(OC)c3)n2)CC1. The van der Waals surface area contributed by atoms with Crippen LogP contribution in [0.1, 0.15) is 12.5 Å². The number of aryl methyl sites for hydroxylation is 1. The molecule has 1 N–H and O–H groups in total. The van der Waals surface area contributed by atoms with Crippen molar-refractivity contribution in [2.45, 2.75) is 13.8 Å². The summed E-state index contributed by atoms with van der Waals surface area (Å²) >= 11 is 6.92. The van der Waals surface area contributed by atoms with Crippen LogP contribution >= 0.6 is 24.0 Å². The Hall–Kier alpha value is -3.48. The Labute approximate surface area is 244 Å². The summed E-state index contributed by atoms with van der Waals surface area (Å²) in [7, 11) is 4.65. The van der Waals surface area contributed by atoms with E-state index in [1.54, 1.807) is 33.5 Å². The predicted molar refractivity (Wildman–Crippen MR) is 162 cm³/mol. The fourth-order valence-electron chi connectivity index (χ4n) is 4.33. The van der Waals surface area contributed by atoms with Crippen molar-refractivity contribution < 1.29 is 19.0 Å². The van der Waals surface area contributed by atoms with E-state index in [9.17, 15) is 4.79 Å². The first-order valence-corrected chi connectivity index (χ1v) is 14.3. The summed E-state index contributed by atoms with van der Waals surface area (Å²) in [5.41, 5.74) is 3.67. The standard InChI is InChI=1S/C28H34N6O4S2/c1-6-33-11-13-34(14-12-33)28(39)40-17-23(35)29-27-30-24(25(31-32-27)19-9-7-18(2)8-10-19)20-15-21(36-3)26(38-5)22(16-20)37-4/h7-10,15-16H,6,11-14,17H2,1-5H3,(H,29,30,32,35). The fourth-order valence-corrected chi connectivity index (χ4v) is 5.38. The lowest BCUT2D eigenvalue weighted by molar-refractivity contribution is -0.113. The molecule has 2 aromatic carbocycles. The summed E-state index contributed by atoms with van der Waals surface area (Å²) in [5.74, 6) is 1.38. The summed E-state index contributed by atoms with van der Waals surface area (Å²) < 4.78 is 17.3. The number of nitrogens with zero attached hydrogens (tertiary/aromatic N) is 5. The molecule has 0 spiro atoms. The normalized spacial score (nSPS) is 13.6. The zero-order valence-electron chi connectivity index (χ0n) is 23.4. The van der Waals surface area contributed by atoms with E-state index in [4.69, 9.17) is 31.4 Å². The van der Waals surface area contributed by atoms with Gasteiger partial charge in [0.15, 0.2) is 11.5 Å². The molecular weight excluding hydrogens is 548 g/mol. The zero-order chi connectivity index (χ0) is 28.6. The minimum atomic E-state index is -0.264. The van der Waals surface area contributed by atoms with E-state index in [1.807, 2.05) is 31.2 Å². The zero-order valence-corrected chi connectivity index (χ0v) is 25.0. The number of carbonyl (C=O) groups is 1. The number of carbonyl (C=O) groups excluding carboxylic acids is 1. The summed E-state index contributed by atoms with van der Waals surface area (Å²) in [6, 6.07) is 11.5. The van der Waals surface area contributed by atoms with Gasteiger partial charge < -0.3 is 24.0 Å². The highest BCUT2D eigenvalue weighted by atomic mass is 32.2. The van der Waals surface area contributed by atoms with Gasteiger partial charge in [-0.25, -0.2) is 4.98 Å². The molecule has 12 heteroatoms. The molecule has 212 valence electrons. The first-order chi connectivity index (χ1) is 19.4. The van der Waals surface area contributed by atoms with Crippen molar-refractivity contribution in [1.82, 2.24) is 25.0 Å². The van der Waals surface area contributed by atoms with Crippen molar-refractivity contribution in [1.29, 1.82) is 0 Å². The first kappa shape index (κ1) is 29.5. The molecule has 1 fully saturated rings. The molecule has 0 unspecified atom stereocenters. The quantitative estimate of drug-likeness (QED) is 0.369. The largest absolute Gasteiger partial charge is 0.493 e. The molecule has 0 aliphatic carbocycles. The number of likely N-dealkylation sites (N-methyl/N-ethyl adjacent to an activating group) is 1. The van der Waals surface area contributed by atoms with Crippen molar-refractivity contribution in [3.63, 3.8) is 0 Å². The van der Waals surface area contributed by atoms with Crippen LogP contribution in [0.2, 0.25) is 0 Å². The lowest BCUT2D eigenvalue weighted by Gasteiger charge is -2.35. The molecule has 0 radical (unpaired) electrons. The highest BCUT2D eigenvalue weighted by Gasteiger charge is 2.21. The van der Waals surface area contributed by atoms with E-state index in [1.165, 1.54) is 11.8 Å². The van der Waals surface area contributed by atoms with Crippen LogP contribution in [0.5, 0.6) is 17.2 Å². The summed E-state index contributed by atoms with van der Waals surface area (Å²) in [6.07, 6.45) is 0. The van der Waals surface area contributed by atoms with Gasteiger partial charge >= 0.3 is 0 Å². The Morgan fingerprint density at radius 3 is 2.17 bits per heavy atom. The Morgan fingerprint density at radius 2 is 1.60 bits per heavy atom. The number of nitrogens with one attached hydrogen (secondary N) is 1. The molecule has 1 saturated heterocycles. The smallest absolute Gasteiger partial charge is 0.250 e. The lowest BCUT2D eigenvalue weighted by atomic mass is 10.0. The monoisotopic (exact) mass is 582 g/mol.